The van der Waals surface area contributed by atoms with E-state index >= 15 is 0 Å². The second kappa shape index (κ2) is 60.4. The van der Waals surface area contributed by atoms with E-state index in [0.29, 0.717) is 70.0 Å². The fraction of sp³-hybridized carbons (Fsp3) is 0.743. The van der Waals surface area contributed by atoms with Crippen molar-refractivity contribution in [2.45, 2.75) is 243 Å². The molecule has 0 spiro atoms. The van der Waals surface area contributed by atoms with Gasteiger partial charge in [-0.1, -0.05) is 141 Å². The summed E-state index contributed by atoms with van der Waals surface area (Å²) in [6, 6.07) is -3.95. The van der Waals surface area contributed by atoms with Crippen LogP contribution in [0.1, 0.15) is 218 Å². The quantitative estimate of drug-likeness (QED) is 0.0192. The van der Waals surface area contributed by atoms with Gasteiger partial charge in [0.1, 0.15) is 24.2 Å². The van der Waals surface area contributed by atoms with E-state index in [-0.39, 0.29) is 99.8 Å². The molecule has 0 bridgehead atoms. The molecule has 2 aromatic heterocycles. The Hall–Kier alpha value is -5.80. The minimum Gasteiger partial charge on any atom is -0.354 e. The lowest BCUT2D eigenvalue weighted by atomic mass is 10.1. The number of carbonyl (C=O) groups excluding carboxylic acids is 8. The summed E-state index contributed by atoms with van der Waals surface area (Å²) in [5, 5.41) is 29.0. The summed E-state index contributed by atoms with van der Waals surface area (Å²) in [6.07, 6.45) is 46.2. The first kappa shape index (κ1) is 86.3. The fourth-order valence-corrected chi connectivity index (χ4v) is 11.2. The van der Waals surface area contributed by atoms with Crippen LogP contribution in [0, 0.1) is 0 Å². The zero-order valence-corrected chi connectivity index (χ0v) is 60.3. The van der Waals surface area contributed by atoms with Crippen LogP contribution in [0.15, 0.2) is 49.4 Å². The molecule has 0 aliphatic heterocycles. The third kappa shape index (κ3) is 47.2. The van der Waals surface area contributed by atoms with Crippen LogP contribution in [-0.2, 0) is 51.2 Å². The summed E-state index contributed by atoms with van der Waals surface area (Å²) in [4.78, 5) is 122. The minimum atomic E-state index is -1.02. The number of aromatic amines is 2. The van der Waals surface area contributed by atoms with E-state index in [1.54, 1.807) is 12.4 Å². The van der Waals surface area contributed by atoms with E-state index in [9.17, 15) is 38.4 Å². The van der Waals surface area contributed by atoms with Crippen LogP contribution >= 0.6 is 25.3 Å². The van der Waals surface area contributed by atoms with Gasteiger partial charge in [0.05, 0.1) is 12.7 Å². The van der Waals surface area contributed by atoms with Crippen LogP contribution in [0.5, 0.6) is 0 Å². The first-order chi connectivity index (χ1) is 46.8. The van der Waals surface area contributed by atoms with Crippen molar-refractivity contribution in [3.8, 4) is 0 Å². The Balaban J connectivity index is 1.81. The van der Waals surface area contributed by atoms with Gasteiger partial charge in [0.25, 0.3) is 0 Å². The number of amides is 8. The smallest absolute Gasteiger partial charge is 0.244 e. The number of carbonyl (C=O) groups is 8. The monoisotopic (exact) mass is 1380 g/mol. The third-order valence-electron chi connectivity index (χ3n) is 16.4. The Morgan fingerprint density at radius 2 is 0.781 bits per heavy atom. The third-order valence-corrected chi connectivity index (χ3v) is 17.2. The molecule has 0 fully saturated rings. The van der Waals surface area contributed by atoms with Crippen molar-refractivity contribution in [2.75, 3.05) is 90.0 Å². The fourth-order valence-electron chi connectivity index (χ4n) is 10.6. The molecule has 2 heterocycles. The van der Waals surface area contributed by atoms with Gasteiger partial charge in [-0.05, 0) is 64.2 Å². The summed E-state index contributed by atoms with van der Waals surface area (Å²) in [6.45, 7) is 9.31. The Labute approximate surface area is 586 Å². The molecule has 24 nitrogen and oxygen atoms in total. The van der Waals surface area contributed by atoms with E-state index in [1.165, 1.54) is 89.7 Å². The molecule has 0 aromatic carbocycles. The van der Waals surface area contributed by atoms with Crippen LogP contribution in [0.2, 0.25) is 0 Å². The van der Waals surface area contributed by atoms with Gasteiger partial charge in [0.2, 0.25) is 47.3 Å². The summed E-state index contributed by atoms with van der Waals surface area (Å²) >= 11 is 8.68. The molecule has 0 aliphatic carbocycles. The number of aromatic nitrogens is 4. The molecular weight excluding hydrogens is 1260 g/mol. The van der Waals surface area contributed by atoms with E-state index in [2.05, 4.69) is 137 Å². The number of hydrogen-bond acceptors (Lipinski definition) is 16. The van der Waals surface area contributed by atoms with Crippen molar-refractivity contribution >= 4 is 72.5 Å². The van der Waals surface area contributed by atoms with Gasteiger partial charge in [-0.25, -0.2) is 9.97 Å². The lowest BCUT2D eigenvalue weighted by Crippen LogP contribution is -2.55. The van der Waals surface area contributed by atoms with Gasteiger partial charge in [-0.3, -0.25) is 38.4 Å². The van der Waals surface area contributed by atoms with Crippen molar-refractivity contribution in [2.24, 2.45) is 5.73 Å². The van der Waals surface area contributed by atoms with E-state index in [1.807, 2.05) is 4.90 Å². The van der Waals surface area contributed by atoms with Crippen molar-refractivity contribution in [1.29, 1.82) is 0 Å². The molecule has 0 saturated heterocycles. The maximum atomic E-state index is 13.6. The summed E-state index contributed by atoms with van der Waals surface area (Å²) in [7, 11) is 0. The number of nitrogens with zero attached hydrogens (tertiary/aromatic N) is 3. The standard InChI is InChI=1S/C70H126N16O8S2/c1-3-5-7-9-11-13-15-17-19-21-23-25-27-29-31-33-65(89)82-61(53-95)69(93)84-59(49-57-51-74-55-80-57)67(91)78-43-41-76-63(87)35-46-86(48-45-73-40-39-72-38-37-71)47-36-64(88)77-42-44-79-68(92)60(50-58-52-75-56-81-58)85-70(94)62(54-96)83-66(90)34-32-30-28-26-24-22-20-18-16-14-12-10-8-6-4-2/h17-20,51-52,55-56,59-62,72-73,95-96H,3-16,21-50,53-54,71H2,1-2H3,(H,74,80)(H,75,81)(H,76,87)(H,77,88)(H,78,91)(H,79,92)(H,82,89)(H,83,90)(H,84,93)(H,85,94)/b19-17-,20-18-/t59-,60-,61-,62-/m0/s1. The number of thiol groups is 2. The lowest BCUT2D eigenvalue weighted by molar-refractivity contribution is -0.131. The number of nitrogens with one attached hydrogen (secondary N) is 12. The molecule has 2 aromatic rings. The largest absolute Gasteiger partial charge is 0.354 e. The Morgan fingerprint density at radius 3 is 1.15 bits per heavy atom. The first-order valence-corrected chi connectivity index (χ1v) is 37.7. The van der Waals surface area contributed by atoms with Crippen LogP contribution in [0.25, 0.3) is 0 Å². The van der Waals surface area contributed by atoms with Crippen molar-refractivity contribution in [3.05, 3.63) is 60.7 Å². The number of allylic oxidation sites excluding steroid dienone is 4. The molecule has 96 heavy (non-hydrogen) atoms. The molecule has 0 aliphatic rings. The molecule has 4 atom stereocenters. The molecule has 8 amide bonds. The Kier molecular flexibility index (Phi) is 54.3. The number of imidazole rings is 2. The Bertz CT molecular complexity index is 2230. The normalized spacial score (nSPS) is 12.7. The maximum absolute atomic E-state index is 13.6. The van der Waals surface area contributed by atoms with Gasteiger partial charge in [-0.15, -0.1) is 0 Å². The topological polar surface area (TPSA) is 343 Å². The van der Waals surface area contributed by atoms with Crippen LogP contribution in [0.4, 0.5) is 0 Å². The number of nitrogens with two attached hydrogens (primary N) is 1. The number of hydrogen-bond donors (Lipinski definition) is 15. The van der Waals surface area contributed by atoms with E-state index in [4.69, 9.17) is 5.73 Å². The maximum Gasteiger partial charge on any atom is 0.244 e. The molecule has 546 valence electrons. The lowest BCUT2D eigenvalue weighted by Gasteiger charge is -2.23. The molecule has 2 rings (SSSR count). The Morgan fingerprint density at radius 1 is 0.417 bits per heavy atom. The van der Waals surface area contributed by atoms with Gasteiger partial charge in [-0.2, -0.15) is 25.3 Å². The second-order valence-corrected chi connectivity index (χ2v) is 25.6. The summed E-state index contributed by atoms with van der Waals surface area (Å²) in [5.74, 6) is -3.02. The molecule has 0 radical (unpaired) electrons. The zero-order chi connectivity index (χ0) is 69.7. The average molecular weight is 1380 g/mol. The van der Waals surface area contributed by atoms with Gasteiger partial charge >= 0.3 is 0 Å². The molecule has 0 unspecified atom stereocenters. The summed E-state index contributed by atoms with van der Waals surface area (Å²) in [5.41, 5.74) is 6.83. The van der Waals surface area contributed by atoms with Crippen LogP contribution in [0.3, 0.4) is 0 Å². The van der Waals surface area contributed by atoms with Gasteiger partial charge in [0.15, 0.2) is 0 Å². The van der Waals surface area contributed by atoms with E-state index < -0.39 is 47.8 Å². The first-order valence-electron chi connectivity index (χ1n) is 36.4. The SMILES string of the molecule is CCCCCCCC/C=C\CCCCCCCC(=O)N[C@@H](CS)C(=O)N[C@@H](Cc1cnc[nH]1)C(=O)NCCNC(=O)CCN(CCNCCNCCN)CCC(=O)NCCNC(=O)[C@H](Cc1cnc[nH]1)NC(=O)[C@H](CS)NC(=O)CCCCCCC/C=C\CCCCCCCC. The molecule has 0 saturated carbocycles. The highest BCUT2D eigenvalue weighted by molar-refractivity contribution is 7.80. The number of rotatable bonds is 64. The van der Waals surface area contributed by atoms with Crippen LogP contribution < -0.4 is 58.9 Å². The van der Waals surface area contributed by atoms with Crippen molar-refractivity contribution in [3.63, 3.8) is 0 Å². The molecule has 26 heteroatoms. The van der Waals surface area contributed by atoms with Crippen molar-refractivity contribution in [1.82, 2.24) is 78.0 Å². The van der Waals surface area contributed by atoms with Gasteiger partial charge < -0.3 is 73.8 Å². The minimum absolute atomic E-state index is 0.0325. The predicted octanol–water partition coefficient (Wildman–Crippen LogP) is 6.48. The van der Waals surface area contributed by atoms with Crippen molar-refractivity contribution < 1.29 is 38.4 Å². The average Bonchev–Trinajstić information content (AvgIpc) is 2.08. The number of H-pyrrole nitrogens is 2. The highest BCUT2D eigenvalue weighted by Gasteiger charge is 2.29. The highest BCUT2D eigenvalue weighted by Crippen LogP contribution is 2.13. The second-order valence-electron chi connectivity index (χ2n) is 24.9. The van der Waals surface area contributed by atoms with E-state index in [0.717, 1.165) is 83.6 Å². The summed E-state index contributed by atoms with van der Waals surface area (Å²) < 4.78 is 0. The highest BCUT2D eigenvalue weighted by atomic mass is 32.1. The molecular formula is C70H126N16O8S2. The molecule has 14 N–H and O–H groups in total. The zero-order valence-electron chi connectivity index (χ0n) is 58.5. The number of unbranched alkanes of at least 4 members (excludes halogenated alkanes) is 22. The van der Waals surface area contributed by atoms with Gasteiger partial charge in [0, 0.05) is 152 Å². The van der Waals surface area contributed by atoms with Crippen LogP contribution in [-0.4, -0.2) is 186 Å². The predicted molar refractivity (Wildman–Crippen MR) is 391 cm³/mol.